The van der Waals surface area contributed by atoms with Crippen LogP contribution in [0.1, 0.15) is 37.0 Å². The number of carbonyl (C=O) groups is 4. The zero-order valence-electron chi connectivity index (χ0n) is 16.3. The Bertz CT molecular complexity index is 893. The summed E-state index contributed by atoms with van der Waals surface area (Å²) in [4.78, 5) is 47.6. The van der Waals surface area contributed by atoms with Gasteiger partial charge in [-0.15, -0.1) is 0 Å². The first-order valence-corrected chi connectivity index (χ1v) is 9.17. The summed E-state index contributed by atoms with van der Waals surface area (Å²) in [6, 6.07) is 12.6. The van der Waals surface area contributed by atoms with Gasteiger partial charge in [0.2, 0.25) is 5.91 Å². The molecule has 0 aromatic heterocycles. The van der Waals surface area contributed by atoms with E-state index in [0.29, 0.717) is 11.4 Å². The molecule has 29 heavy (non-hydrogen) atoms. The van der Waals surface area contributed by atoms with Gasteiger partial charge in [0.05, 0.1) is 17.9 Å². The van der Waals surface area contributed by atoms with Crippen LogP contribution in [0.4, 0.5) is 17.1 Å². The summed E-state index contributed by atoms with van der Waals surface area (Å²) in [6.45, 7) is 3.65. The molecule has 2 aromatic rings. The second kappa shape index (κ2) is 10.6. The van der Waals surface area contributed by atoms with Crippen molar-refractivity contribution in [3.05, 3.63) is 54.1 Å². The van der Waals surface area contributed by atoms with Crippen LogP contribution in [0.25, 0.3) is 0 Å². The summed E-state index contributed by atoms with van der Waals surface area (Å²) >= 11 is 0. The highest BCUT2D eigenvalue weighted by Crippen LogP contribution is 2.17. The molecule has 3 N–H and O–H groups in total. The molecule has 2 rings (SSSR count). The van der Waals surface area contributed by atoms with E-state index in [-0.39, 0.29) is 23.8 Å². The lowest BCUT2D eigenvalue weighted by Crippen LogP contribution is -2.29. The van der Waals surface area contributed by atoms with Crippen LogP contribution in [0.5, 0.6) is 0 Å². The summed E-state index contributed by atoms with van der Waals surface area (Å²) in [6.07, 6.45) is 1.63. The molecule has 0 saturated carbocycles. The highest BCUT2D eigenvalue weighted by atomic mass is 16.5. The van der Waals surface area contributed by atoms with Crippen molar-refractivity contribution < 1.29 is 23.9 Å². The van der Waals surface area contributed by atoms with Gasteiger partial charge in [-0.05, 0) is 42.8 Å². The molecule has 0 aliphatic heterocycles. The fraction of sp³-hybridized carbons (Fsp3) is 0.238. The third-order valence-corrected chi connectivity index (χ3v) is 3.80. The Kier molecular flexibility index (Phi) is 7.90. The molecule has 0 heterocycles. The second-order valence-electron chi connectivity index (χ2n) is 6.20. The average molecular weight is 397 g/mol. The molecule has 0 atom stereocenters. The van der Waals surface area contributed by atoms with E-state index in [1.165, 1.54) is 19.1 Å². The van der Waals surface area contributed by atoms with Gasteiger partial charge < -0.3 is 20.7 Å². The Labute approximate surface area is 168 Å². The average Bonchev–Trinajstić information content (AvgIpc) is 2.69. The molecular weight excluding hydrogens is 374 g/mol. The first-order chi connectivity index (χ1) is 13.9. The van der Waals surface area contributed by atoms with E-state index in [9.17, 15) is 19.2 Å². The lowest BCUT2D eigenvalue weighted by molar-refractivity contribution is -0.133. The second-order valence-corrected chi connectivity index (χ2v) is 6.20. The SMILES string of the molecule is CCCCOC(=O)c1ccccc1NC(=O)C(=O)Nc1ccc(NC(C)=O)cc1. The zero-order valence-corrected chi connectivity index (χ0v) is 16.3. The van der Waals surface area contributed by atoms with Gasteiger partial charge in [0, 0.05) is 18.3 Å². The minimum Gasteiger partial charge on any atom is -0.462 e. The number of hydrogen-bond donors (Lipinski definition) is 3. The summed E-state index contributed by atoms with van der Waals surface area (Å²) in [5.41, 5.74) is 1.31. The molecule has 0 spiro atoms. The minimum absolute atomic E-state index is 0.171. The number of para-hydroxylation sites is 1. The predicted octanol–water partition coefficient (Wildman–Crippen LogP) is 3.18. The number of nitrogens with one attached hydrogen (secondary N) is 3. The molecule has 8 heteroatoms. The molecule has 8 nitrogen and oxygen atoms in total. The van der Waals surface area contributed by atoms with Gasteiger partial charge in [-0.1, -0.05) is 25.5 Å². The van der Waals surface area contributed by atoms with E-state index < -0.39 is 17.8 Å². The highest BCUT2D eigenvalue weighted by molar-refractivity contribution is 6.44. The Morgan fingerprint density at radius 3 is 2.03 bits per heavy atom. The van der Waals surface area contributed by atoms with Gasteiger partial charge in [-0.25, -0.2) is 4.79 Å². The van der Waals surface area contributed by atoms with Crippen LogP contribution >= 0.6 is 0 Å². The molecular formula is C21H23N3O5. The normalized spacial score (nSPS) is 10.0. The molecule has 2 aromatic carbocycles. The number of benzene rings is 2. The van der Waals surface area contributed by atoms with Crippen molar-refractivity contribution in [1.29, 1.82) is 0 Å². The highest BCUT2D eigenvalue weighted by Gasteiger charge is 2.18. The summed E-state index contributed by atoms with van der Waals surface area (Å²) < 4.78 is 5.16. The van der Waals surface area contributed by atoms with Crippen LogP contribution in [-0.4, -0.2) is 30.3 Å². The molecule has 0 unspecified atom stereocenters. The minimum atomic E-state index is -0.926. The summed E-state index contributed by atoms with van der Waals surface area (Å²) in [7, 11) is 0. The standard InChI is InChI=1S/C21H23N3O5/c1-3-4-13-29-21(28)17-7-5-6-8-18(17)24-20(27)19(26)23-16-11-9-15(10-12-16)22-14(2)25/h5-12H,3-4,13H2,1-2H3,(H,22,25)(H,23,26)(H,24,27). The molecule has 0 aliphatic carbocycles. The van der Waals surface area contributed by atoms with Crippen LogP contribution < -0.4 is 16.0 Å². The third kappa shape index (κ3) is 6.76. The van der Waals surface area contributed by atoms with Gasteiger partial charge in [-0.3, -0.25) is 14.4 Å². The van der Waals surface area contributed by atoms with Crippen LogP contribution in [0.2, 0.25) is 0 Å². The topological polar surface area (TPSA) is 114 Å². The maximum absolute atomic E-state index is 12.2. The number of esters is 1. The number of ether oxygens (including phenoxy) is 1. The van der Waals surface area contributed by atoms with E-state index >= 15 is 0 Å². The van der Waals surface area contributed by atoms with Crippen LogP contribution in [0.15, 0.2) is 48.5 Å². The third-order valence-electron chi connectivity index (χ3n) is 3.80. The van der Waals surface area contributed by atoms with Gasteiger partial charge in [-0.2, -0.15) is 0 Å². The Morgan fingerprint density at radius 1 is 0.828 bits per heavy atom. The van der Waals surface area contributed by atoms with Gasteiger partial charge >= 0.3 is 17.8 Å². The van der Waals surface area contributed by atoms with E-state index in [1.54, 1.807) is 36.4 Å². The Hall–Kier alpha value is -3.68. The van der Waals surface area contributed by atoms with Crippen molar-refractivity contribution >= 4 is 40.8 Å². The lowest BCUT2D eigenvalue weighted by Gasteiger charge is -2.11. The Balaban J connectivity index is 2.00. The van der Waals surface area contributed by atoms with Gasteiger partial charge in [0.15, 0.2) is 0 Å². The monoisotopic (exact) mass is 397 g/mol. The maximum atomic E-state index is 12.2. The van der Waals surface area contributed by atoms with Gasteiger partial charge in [0.25, 0.3) is 0 Å². The van der Waals surface area contributed by atoms with Crippen molar-refractivity contribution in [3.8, 4) is 0 Å². The predicted molar refractivity (Wildman–Crippen MR) is 110 cm³/mol. The quantitative estimate of drug-likeness (QED) is 0.377. The maximum Gasteiger partial charge on any atom is 0.340 e. The number of carbonyl (C=O) groups excluding carboxylic acids is 4. The number of amides is 3. The van der Waals surface area contributed by atoms with Crippen molar-refractivity contribution in [2.75, 3.05) is 22.6 Å². The molecule has 0 bridgehead atoms. The van der Waals surface area contributed by atoms with Crippen LogP contribution in [-0.2, 0) is 19.1 Å². The van der Waals surface area contributed by atoms with E-state index in [0.717, 1.165) is 12.8 Å². The van der Waals surface area contributed by atoms with Crippen molar-refractivity contribution in [3.63, 3.8) is 0 Å². The van der Waals surface area contributed by atoms with Crippen molar-refractivity contribution in [1.82, 2.24) is 0 Å². The molecule has 0 aliphatic rings. The summed E-state index contributed by atoms with van der Waals surface area (Å²) in [5, 5.41) is 7.48. The fourth-order valence-electron chi connectivity index (χ4n) is 2.36. The van der Waals surface area contributed by atoms with E-state index in [2.05, 4.69) is 16.0 Å². The number of unbranched alkanes of at least 4 members (excludes halogenated alkanes) is 1. The fourth-order valence-corrected chi connectivity index (χ4v) is 2.36. The molecule has 0 radical (unpaired) electrons. The molecule has 0 fully saturated rings. The molecule has 152 valence electrons. The van der Waals surface area contributed by atoms with Crippen LogP contribution in [0.3, 0.4) is 0 Å². The van der Waals surface area contributed by atoms with Crippen LogP contribution in [0, 0.1) is 0 Å². The first kappa shape index (κ1) is 21.6. The zero-order chi connectivity index (χ0) is 21.2. The molecule has 3 amide bonds. The molecule has 0 saturated heterocycles. The van der Waals surface area contributed by atoms with E-state index in [1.807, 2.05) is 6.92 Å². The lowest BCUT2D eigenvalue weighted by atomic mass is 10.1. The Morgan fingerprint density at radius 2 is 1.41 bits per heavy atom. The van der Waals surface area contributed by atoms with Crippen molar-refractivity contribution in [2.24, 2.45) is 0 Å². The van der Waals surface area contributed by atoms with Gasteiger partial charge in [0.1, 0.15) is 0 Å². The number of hydrogen-bond acceptors (Lipinski definition) is 5. The van der Waals surface area contributed by atoms with E-state index in [4.69, 9.17) is 4.74 Å². The smallest absolute Gasteiger partial charge is 0.340 e. The first-order valence-electron chi connectivity index (χ1n) is 9.17. The largest absolute Gasteiger partial charge is 0.462 e. The van der Waals surface area contributed by atoms with Crippen molar-refractivity contribution in [2.45, 2.75) is 26.7 Å². The number of anilines is 3. The number of rotatable bonds is 7. The summed E-state index contributed by atoms with van der Waals surface area (Å²) in [5.74, 6) is -2.60.